The molecule has 2 N–H and O–H groups in total. The van der Waals surface area contributed by atoms with Crippen molar-refractivity contribution < 1.29 is 19.4 Å². The van der Waals surface area contributed by atoms with Gasteiger partial charge in [0.1, 0.15) is 6.04 Å². The normalized spacial score (nSPS) is 21.4. The zero-order valence-corrected chi connectivity index (χ0v) is 11.0. The van der Waals surface area contributed by atoms with E-state index in [1.807, 2.05) is 6.92 Å². The highest BCUT2D eigenvalue weighted by molar-refractivity contribution is 5.83. The molecule has 0 spiro atoms. The Morgan fingerprint density at radius 1 is 1.50 bits per heavy atom. The van der Waals surface area contributed by atoms with Gasteiger partial charge in [0.2, 0.25) is 0 Å². The zero-order chi connectivity index (χ0) is 13.5. The molecule has 18 heavy (non-hydrogen) atoms. The molecule has 1 saturated heterocycles. The van der Waals surface area contributed by atoms with E-state index in [9.17, 15) is 9.59 Å². The third-order valence-corrected chi connectivity index (χ3v) is 3.24. The molecule has 0 aromatic rings. The van der Waals surface area contributed by atoms with Gasteiger partial charge in [0.25, 0.3) is 0 Å². The summed E-state index contributed by atoms with van der Waals surface area (Å²) >= 11 is 0. The third kappa shape index (κ3) is 3.87. The second-order valence-corrected chi connectivity index (χ2v) is 4.55. The Morgan fingerprint density at radius 2 is 2.22 bits per heavy atom. The maximum absolute atomic E-state index is 12.1. The smallest absolute Gasteiger partial charge is 0.326 e. The summed E-state index contributed by atoms with van der Waals surface area (Å²) < 4.78 is 5.01. The lowest BCUT2D eigenvalue weighted by atomic mass is 10.0. The highest BCUT2D eigenvalue weighted by atomic mass is 16.5. The van der Waals surface area contributed by atoms with Crippen molar-refractivity contribution in [3.63, 3.8) is 0 Å². The van der Waals surface area contributed by atoms with E-state index in [0.29, 0.717) is 19.6 Å². The van der Waals surface area contributed by atoms with Crippen molar-refractivity contribution in [3.05, 3.63) is 0 Å². The number of piperidine rings is 1. The first-order chi connectivity index (χ1) is 8.60. The van der Waals surface area contributed by atoms with Gasteiger partial charge >= 0.3 is 12.0 Å². The Hall–Kier alpha value is -1.30. The molecule has 1 aliphatic rings. The Morgan fingerprint density at radius 3 is 2.78 bits per heavy atom. The number of carboxylic acid groups (broad SMARTS) is 1. The number of ether oxygens (including phenoxy) is 1. The predicted octanol–water partition coefficient (Wildman–Crippen LogP) is 1.06. The van der Waals surface area contributed by atoms with Crippen molar-refractivity contribution in [1.82, 2.24) is 10.2 Å². The van der Waals surface area contributed by atoms with Crippen LogP contribution >= 0.6 is 0 Å². The number of likely N-dealkylation sites (tertiary alicyclic amines) is 1. The van der Waals surface area contributed by atoms with Gasteiger partial charge in [-0.1, -0.05) is 6.92 Å². The van der Waals surface area contributed by atoms with Crippen LogP contribution in [0, 0.1) is 0 Å². The molecule has 0 aromatic heterocycles. The number of hydrogen-bond acceptors (Lipinski definition) is 3. The summed E-state index contributed by atoms with van der Waals surface area (Å²) in [4.78, 5) is 24.6. The lowest BCUT2D eigenvalue weighted by Gasteiger charge is -2.34. The molecular formula is C12H22N2O4. The molecule has 0 aromatic carbocycles. The van der Waals surface area contributed by atoms with Gasteiger partial charge in [0.05, 0.1) is 12.6 Å². The van der Waals surface area contributed by atoms with E-state index in [2.05, 4.69) is 5.32 Å². The molecule has 2 amide bonds. The molecule has 2 atom stereocenters. The number of carbonyl (C=O) groups is 2. The highest BCUT2D eigenvalue weighted by Crippen LogP contribution is 2.17. The molecule has 1 rings (SSSR count). The molecule has 1 fully saturated rings. The molecule has 6 nitrogen and oxygen atoms in total. The average Bonchev–Trinajstić information content (AvgIpc) is 2.38. The van der Waals surface area contributed by atoms with Crippen LogP contribution in [0.1, 0.15) is 32.6 Å². The van der Waals surface area contributed by atoms with Gasteiger partial charge in [-0.25, -0.2) is 9.59 Å². The van der Waals surface area contributed by atoms with Crippen molar-refractivity contribution in [3.8, 4) is 0 Å². The summed E-state index contributed by atoms with van der Waals surface area (Å²) in [6, 6.07) is -1.07. The van der Waals surface area contributed by atoms with Crippen molar-refractivity contribution in [2.24, 2.45) is 0 Å². The van der Waals surface area contributed by atoms with Crippen LogP contribution in [-0.2, 0) is 9.53 Å². The minimum Gasteiger partial charge on any atom is -0.480 e. The summed E-state index contributed by atoms with van der Waals surface area (Å²) in [5.41, 5.74) is 0. The third-order valence-electron chi connectivity index (χ3n) is 3.24. The van der Waals surface area contributed by atoms with Crippen molar-refractivity contribution in [2.45, 2.75) is 44.7 Å². The first-order valence-electron chi connectivity index (χ1n) is 6.39. The van der Waals surface area contributed by atoms with Crippen LogP contribution < -0.4 is 5.32 Å². The van der Waals surface area contributed by atoms with Crippen molar-refractivity contribution >= 4 is 12.0 Å². The zero-order valence-electron chi connectivity index (χ0n) is 11.0. The number of nitrogens with one attached hydrogen (secondary N) is 1. The number of carbonyl (C=O) groups excluding carboxylic acids is 1. The average molecular weight is 258 g/mol. The molecule has 0 aliphatic carbocycles. The van der Waals surface area contributed by atoms with E-state index in [1.54, 1.807) is 7.11 Å². The van der Waals surface area contributed by atoms with E-state index in [1.165, 1.54) is 4.90 Å². The van der Waals surface area contributed by atoms with Crippen molar-refractivity contribution in [2.75, 3.05) is 20.3 Å². The second kappa shape index (κ2) is 7.20. The molecule has 2 unspecified atom stereocenters. The van der Waals surface area contributed by atoms with Crippen LogP contribution in [0.4, 0.5) is 4.79 Å². The fourth-order valence-electron chi connectivity index (χ4n) is 2.15. The van der Waals surface area contributed by atoms with Gasteiger partial charge in [-0.05, 0) is 25.7 Å². The summed E-state index contributed by atoms with van der Waals surface area (Å²) in [6.07, 6.45) is 3.00. The Bertz CT molecular complexity index is 296. The van der Waals surface area contributed by atoms with Crippen LogP contribution in [0.25, 0.3) is 0 Å². The molecule has 6 heteroatoms. The number of amides is 2. The summed E-state index contributed by atoms with van der Waals surface area (Å²) in [5, 5.41) is 11.9. The lowest BCUT2D eigenvalue weighted by Crippen LogP contribution is -2.54. The van der Waals surface area contributed by atoms with Gasteiger partial charge < -0.3 is 20.1 Å². The quantitative estimate of drug-likeness (QED) is 0.773. The number of methoxy groups -OCH3 is 1. The van der Waals surface area contributed by atoms with E-state index in [4.69, 9.17) is 9.84 Å². The molecule has 0 saturated carbocycles. The van der Waals surface area contributed by atoms with E-state index in [0.717, 1.165) is 19.3 Å². The Balaban J connectivity index is 2.59. The fraction of sp³-hybridized carbons (Fsp3) is 0.833. The number of hydrogen-bond donors (Lipinski definition) is 2. The second-order valence-electron chi connectivity index (χ2n) is 4.55. The standard InChI is InChI=1S/C12H22N2O4/c1-3-9(8-18-2)13-12(17)14-7-5-4-6-10(14)11(15)16/h9-10H,3-8H2,1-2H3,(H,13,17)(H,15,16). The van der Waals surface area contributed by atoms with E-state index in [-0.39, 0.29) is 12.1 Å². The number of carboxylic acids is 1. The van der Waals surface area contributed by atoms with Gasteiger partial charge in [-0.2, -0.15) is 0 Å². The van der Waals surface area contributed by atoms with Gasteiger partial charge in [-0.15, -0.1) is 0 Å². The summed E-state index contributed by atoms with van der Waals surface area (Å²) in [5.74, 6) is -0.926. The van der Waals surface area contributed by atoms with Gasteiger partial charge in [0, 0.05) is 13.7 Å². The first-order valence-corrected chi connectivity index (χ1v) is 6.39. The molecular weight excluding hydrogens is 236 g/mol. The van der Waals surface area contributed by atoms with E-state index < -0.39 is 12.0 Å². The highest BCUT2D eigenvalue weighted by Gasteiger charge is 2.32. The number of rotatable bonds is 5. The topological polar surface area (TPSA) is 78.9 Å². The Kier molecular flexibility index (Phi) is 5.91. The minimum absolute atomic E-state index is 0.0705. The first kappa shape index (κ1) is 14.8. The molecule has 1 aliphatic heterocycles. The molecule has 104 valence electrons. The van der Waals surface area contributed by atoms with Gasteiger partial charge in [0.15, 0.2) is 0 Å². The lowest BCUT2D eigenvalue weighted by molar-refractivity contribution is -0.143. The van der Waals surface area contributed by atoms with Crippen LogP contribution in [-0.4, -0.2) is 54.4 Å². The van der Waals surface area contributed by atoms with Crippen LogP contribution in [0.5, 0.6) is 0 Å². The maximum atomic E-state index is 12.1. The molecule has 0 bridgehead atoms. The fourth-order valence-corrected chi connectivity index (χ4v) is 2.15. The van der Waals surface area contributed by atoms with Crippen LogP contribution in [0.15, 0.2) is 0 Å². The largest absolute Gasteiger partial charge is 0.480 e. The van der Waals surface area contributed by atoms with Crippen LogP contribution in [0.3, 0.4) is 0 Å². The van der Waals surface area contributed by atoms with Crippen molar-refractivity contribution in [1.29, 1.82) is 0 Å². The number of urea groups is 1. The monoisotopic (exact) mass is 258 g/mol. The Labute approximate surface area is 107 Å². The maximum Gasteiger partial charge on any atom is 0.326 e. The summed E-state index contributed by atoms with van der Waals surface area (Å²) in [7, 11) is 1.58. The molecule has 0 radical (unpaired) electrons. The number of aliphatic carboxylic acids is 1. The summed E-state index contributed by atoms with van der Waals surface area (Å²) in [6.45, 7) is 2.90. The molecule has 1 heterocycles. The minimum atomic E-state index is -0.926. The van der Waals surface area contributed by atoms with Crippen LogP contribution in [0.2, 0.25) is 0 Å². The van der Waals surface area contributed by atoms with E-state index >= 15 is 0 Å². The van der Waals surface area contributed by atoms with Gasteiger partial charge in [-0.3, -0.25) is 0 Å². The SMILES string of the molecule is CCC(COC)NC(=O)N1CCCCC1C(=O)O. The number of nitrogens with zero attached hydrogens (tertiary/aromatic N) is 1. The predicted molar refractivity (Wildman–Crippen MR) is 66.5 cm³/mol.